The van der Waals surface area contributed by atoms with Crippen LogP contribution in [0, 0.1) is 5.82 Å². The van der Waals surface area contributed by atoms with Crippen LogP contribution in [0.4, 0.5) is 10.1 Å². The Labute approximate surface area is 213 Å². The van der Waals surface area contributed by atoms with Gasteiger partial charge in [-0.05, 0) is 105 Å². The second kappa shape index (κ2) is 10.8. The van der Waals surface area contributed by atoms with Crippen LogP contribution in [0.3, 0.4) is 0 Å². The minimum absolute atomic E-state index is 0.0674. The molecule has 0 amide bonds. The van der Waals surface area contributed by atoms with E-state index in [1.165, 1.54) is 22.8 Å². The fraction of sp³-hybridized carbons (Fsp3) is 0.400. The molecule has 0 saturated heterocycles. The van der Waals surface area contributed by atoms with Crippen LogP contribution in [0.15, 0.2) is 54.6 Å². The van der Waals surface area contributed by atoms with Crippen LogP contribution in [-0.2, 0) is 19.3 Å². The van der Waals surface area contributed by atoms with Crippen molar-refractivity contribution in [2.24, 2.45) is 5.73 Å². The number of methoxy groups -OCH3 is 1. The lowest BCUT2D eigenvalue weighted by molar-refractivity contribution is 0.234. The number of aromatic hydroxyl groups is 1. The molecule has 5 nitrogen and oxygen atoms in total. The number of aryl methyl sites for hydroxylation is 1. The van der Waals surface area contributed by atoms with Gasteiger partial charge in [0.15, 0.2) is 11.6 Å². The first kappa shape index (κ1) is 25.8. The van der Waals surface area contributed by atoms with Gasteiger partial charge in [-0.15, -0.1) is 0 Å². The molecule has 0 saturated carbocycles. The monoisotopic (exact) mass is 492 g/mol. The fourth-order valence-electron chi connectivity index (χ4n) is 4.87. The van der Waals surface area contributed by atoms with Crippen LogP contribution in [0.2, 0.25) is 0 Å². The Morgan fingerprint density at radius 3 is 2.64 bits per heavy atom. The Morgan fingerprint density at radius 2 is 1.92 bits per heavy atom. The molecule has 0 radical (unpaired) electrons. The van der Waals surface area contributed by atoms with Gasteiger partial charge in [0.1, 0.15) is 18.1 Å². The maximum atomic E-state index is 14.6. The number of nitrogens with two attached hydrogens (primary N) is 1. The van der Waals surface area contributed by atoms with E-state index < -0.39 is 5.54 Å². The van der Waals surface area contributed by atoms with Crippen molar-refractivity contribution in [3.8, 4) is 17.2 Å². The summed E-state index contributed by atoms with van der Waals surface area (Å²) in [7, 11) is 1.67. The predicted octanol–water partition coefficient (Wildman–Crippen LogP) is 5.97. The van der Waals surface area contributed by atoms with Crippen LogP contribution in [0.1, 0.15) is 55.4 Å². The summed E-state index contributed by atoms with van der Waals surface area (Å²) in [5.41, 5.74) is 11.1. The average molecular weight is 493 g/mol. The molecule has 2 atom stereocenters. The van der Waals surface area contributed by atoms with Gasteiger partial charge in [0.25, 0.3) is 0 Å². The summed E-state index contributed by atoms with van der Waals surface area (Å²) in [5, 5.41) is 13.5. The van der Waals surface area contributed by atoms with Crippen LogP contribution in [-0.4, -0.2) is 30.4 Å². The number of rotatable bonds is 9. The Bertz CT molecular complexity index is 1210. The lowest BCUT2D eigenvalue weighted by atomic mass is 9.79. The number of hydrogen-bond donors (Lipinski definition) is 3. The zero-order valence-corrected chi connectivity index (χ0v) is 21.6. The number of phenolic OH excluding ortho intramolecular Hbond substituents is 1. The highest BCUT2D eigenvalue weighted by Gasteiger charge is 2.24. The van der Waals surface area contributed by atoms with Gasteiger partial charge in [-0.2, -0.15) is 0 Å². The summed E-state index contributed by atoms with van der Waals surface area (Å²) in [6.07, 6.45) is 3.53. The predicted molar refractivity (Wildman–Crippen MR) is 143 cm³/mol. The van der Waals surface area contributed by atoms with E-state index in [4.69, 9.17) is 15.2 Å². The topological polar surface area (TPSA) is 76.7 Å². The highest BCUT2D eigenvalue weighted by molar-refractivity contribution is 5.58. The van der Waals surface area contributed by atoms with Crippen LogP contribution in [0.5, 0.6) is 17.2 Å². The molecule has 4 N–H and O–H groups in total. The molecule has 6 heteroatoms. The van der Waals surface area contributed by atoms with Crippen LogP contribution < -0.4 is 20.5 Å². The Morgan fingerprint density at radius 1 is 1.11 bits per heavy atom. The van der Waals surface area contributed by atoms with Crippen molar-refractivity contribution in [1.29, 1.82) is 0 Å². The van der Waals surface area contributed by atoms with E-state index >= 15 is 0 Å². The minimum atomic E-state index is -0.528. The number of nitrogens with one attached hydrogen (secondary N) is 1. The minimum Gasteiger partial charge on any atom is -0.508 e. The molecule has 1 aliphatic rings. The molecule has 192 valence electrons. The second-order valence-corrected chi connectivity index (χ2v) is 10.6. The van der Waals surface area contributed by atoms with Crippen molar-refractivity contribution in [2.45, 2.75) is 64.0 Å². The summed E-state index contributed by atoms with van der Waals surface area (Å²) >= 11 is 0. The van der Waals surface area contributed by atoms with E-state index in [-0.39, 0.29) is 24.2 Å². The van der Waals surface area contributed by atoms with Crippen LogP contribution >= 0.6 is 0 Å². The van der Waals surface area contributed by atoms with Gasteiger partial charge in [0.05, 0.1) is 7.11 Å². The lowest BCUT2D eigenvalue weighted by Gasteiger charge is -2.28. The second-order valence-electron chi connectivity index (χ2n) is 10.6. The molecule has 2 unspecified atom stereocenters. The maximum absolute atomic E-state index is 14.6. The number of phenols is 1. The van der Waals surface area contributed by atoms with Gasteiger partial charge in [-0.25, -0.2) is 4.39 Å². The van der Waals surface area contributed by atoms with Gasteiger partial charge in [0.2, 0.25) is 0 Å². The highest BCUT2D eigenvalue weighted by Crippen LogP contribution is 2.38. The number of fused-ring (bicyclic) bond motifs is 1. The zero-order chi connectivity index (χ0) is 25.9. The third kappa shape index (κ3) is 6.49. The summed E-state index contributed by atoms with van der Waals surface area (Å²) in [6.45, 7) is 6.03. The van der Waals surface area contributed by atoms with Crippen LogP contribution in [0.25, 0.3) is 0 Å². The number of ether oxygens (including phenoxy) is 2. The molecule has 4 rings (SSSR count). The molecule has 3 aromatic carbocycles. The number of anilines is 1. The molecule has 0 heterocycles. The van der Waals surface area contributed by atoms with Crippen molar-refractivity contribution in [3.63, 3.8) is 0 Å². The molecule has 0 bridgehead atoms. The zero-order valence-electron chi connectivity index (χ0n) is 21.6. The van der Waals surface area contributed by atoms with Crippen molar-refractivity contribution in [3.05, 3.63) is 82.7 Å². The van der Waals surface area contributed by atoms with E-state index in [1.54, 1.807) is 19.2 Å². The van der Waals surface area contributed by atoms with E-state index in [1.807, 2.05) is 44.2 Å². The van der Waals surface area contributed by atoms with E-state index in [9.17, 15) is 9.50 Å². The van der Waals surface area contributed by atoms with Crippen molar-refractivity contribution >= 4 is 5.69 Å². The molecule has 1 aliphatic carbocycles. The Hall–Kier alpha value is -3.25. The molecular weight excluding hydrogens is 455 g/mol. The van der Waals surface area contributed by atoms with E-state index in [0.717, 1.165) is 36.3 Å². The summed E-state index contributed by atoms with van der Waals surface area (Å²) in [4.78, 5) is 0. The SMILES string of the molecule is COc1ccc(C2CCc3cc(O)ccc3C2)c(NC(C)Cc2ccc(OCC(C)(C)N)c(F)c2)c1. The van der Waals surface area contributed by atoms with E-state index in [2.05, 4.69) is 18.3 Å². The maximum Gasteiger partial charge on any atom is 0.165 e. The largest absolute Gasteiger partial charge is 0.508 e. The lowest BCUT2D eigenvalue weighted by Crippen LogP contribution is -2.38. The van der Waals surface area contributed by atoms with Gasteiger partial charge in [0, 0.05) is 23.3 Å². The highest BCUT2D eigenvalue weighted by atomic mass is 19.1. The quantitative estimate of drug-likeness (QED) is 0.343. The number of halogens is 1. The molecule has 0 aliphatic heterocycles. The Kier molecular flexibility index (Phi) is 7.74. The van der Waals surface area contributed by atoms with Crippen molar-refractivity contribution in [2.75, 3.05) is 19.0 Å². The normalized spacial score (nSPS) is 16.2. The molecule has 3 aromatic rings. The first-order valence-corrected chi connectivity index (χ1v) is 12.6. The van der Waals surface area contributed by atoms with Gasteiger partial charge >= 0.3 is 0 Å². The third-order valence-electron chi connectivity index (χ3n) is 6.66. The average Bonchev–Trinajstić information content (AvgIpc) is 2.82. The summed E-state index contributed by atoms with van der Waals surface area (Å²) in [5.74, 6) is 1.33. The molecule has 0 aromatic heterocycles. The third-order valence-corrected chi connectivity index (χ3v) is 6.66. The summed E-state index contributed by atoms with van der Waals surface area (Å²) < 4.78 is 25.7. The van der Waals surface area contributed by atoms with Gasteiger partial charge < -0.3 is 25.6 Å². The number of benzene rings is 3. The summed E-state index contributed by atoms with van der Waals surface area (Å²) in [6, 6.07) is 17.1. The molecule has 0 fully saturated rings. The van der Waals surface area contributed by atoms with Crippen molar-refractivity contribution < 1.29 is 19.0 Å². The van der Waals surface area contributed by atoms with Crippen molar-refractivity contribution in [1.82, 2.24) is 0 Å². The Balaban J connectivity index is 1.48. The van der Waals surface area contributed by atoms with Gasteiger partial charge in [-0.3, -0.25) is 0 Å². The first-order valence-electron chi connectivity index (χ1n) is 12.6. The smallest absolute Gasteiger partial charge is 0.165 e. The fourth-order valence-corrected chi connectivity index (χ4v) is 4.87. The number of hydrogen-bond acceptors (Lipinski definition) is 5. The van der Waals surface area contributed by atoms with Gasteiger partial charge in [-0.1, -0.05) is 18.2 Å². The molecular formula is C30H37FN2O3. The van der Waals surface area contributed by atoms with E-state index in [0.29, 0.717) is 18.1 Å². The molecule has 36 heavy (non-hydrogen) atoms. The standard InChI is InChI=1S/C30H37FN2O3/c1-19(13-20-5-12-29(27(31)14-20)36-18-30(2,3)32)33-28-17-25(35-4)10-11-26(28)23-7-6-22-16-24(34)9-8-21(22)15-23/h5,8-12,14,16-17,19,23,33-34H,6-7,13,15,18,32H2,1-4H3. The first-order chi connectivity index (χ1) is 17.1. The molecule has 0 spiro atoms.